The maximum absolute atomic E-state index is 13.1. The second-order valence-corrected chi connectivity index (χ2v) is 4.45. The molecule has 0 spiro atoms. The molecule has 0 fully saturated rings. The minimum absolute atomic E-state index is 0.409. The number of amides is 1. The van der Waals surface area contributed by atoms with E-state index >= 15 is 0 Å². The monoisotopic (exact) mass is 266 g/mol. The number of carbonyl (C=O) groups is 1. The maximum Gasteiger partial charge on any atom is 0.422 e. The van der Waals surface area contributed by atoms with Crippen LogP contribution in [-0.2, 0) is 14.8 Å². The van der Waals surface area contributed by atoms with Crippen LogP contribution < -0.4 is 10.3 Å². The number of halogens is 2. The zero-order chi connectivity index (χ0) is 13.1. The van der Waals surface area contributed by atoms with Gasteiger partial charge in [-0.1, -0.05) is 0 Å². The van der Waals surface area contributed by atoms with E-state index in [0.717, 1.165) is 19.2 Å². The van der Waals surface area contributed by atoms with Gasteiger partial charge in [0.25, 0.3) is 10.0 Å². The lowest BCUT2D eigenvalue weighted by Crippen LogP contribution is -2.41. The molecule has 0 aliphatic heterocycles. The zero-order valence-electron chi connectivity index (χ0n) is 8.53. The van der Waals surface area contributed by atoms with Gasteiger partial charge in [0.1, 0.15) is 16.5 Å². The number of carbonyl (C=O) groups excluding carboxylic acids is 1. The fourth-order valence-corrected chi connectivity index (χ4v) is 1.80. The topological polar surface area (TPSA) is 84.5 Å². The van der Waals surface area contributed by atoms with Gasteiger partial charge in [-0.05, 0) is 12.1 Å². The number of benzene rings is 1. The average Bonchev–Trinajstić information content (AvgIpc) is 2.25. The number of ether oxygens (including phenoxy) is 1. The van der Waals surface area contributed by atoms with Crippen LogP contribution in [0.1, 0.15) is 0 Å². The molecule has 0 unspecified atom stereocenters. The van der Waals surface area contributed by atoms with Crippen molar-refractivity contribution in [3.05, 3.63) is 29.8 Å². The van der Waals surface area contributed by atoms with Crippen molar-refractivity contribution in [3.8, 4) is 0 Å². The Bertz CT molecular complexity index is 532. The highest BCUT2D eigenvalue weighted by Gasteiger charge is 2.20. The number of hydrogen-bond donors (Lipinski definition) is 2. The number of methoxy groups -OCH3 is 1. The maximum atomic E-state index is 13.1. The van der Waals surface area contributed by atoms with Gasteiger partial charge in [0, 0.05) is 6.07 Å². The number of hydrogen-bond acceptors (Lipinski definition) is 4. The van der Waals surface area contributed by atoms with Crippen molar-refractivity contribution in [2.45, 2.75) is 4.90 Å². The fourth-order valence-electron chi connectivity index (χ4n) is 0.908. The Kier molecular flexibility index (Phi) is 3.97. The van der Waals surface area contributed by atoms with E-state index in [1.54, 1.807) is 10.3 Å². The molecule has 0 radical (unpaired) electrons. The van der Waals surface area contributed by atoms with Crippen LogP contribution in [-0.4, -0.2) is 21.6 Å². The van der Waals surface area contributed by atoms with Gasteiger partial charge < -0.3 is 4.74 Å². The summed E-state index contributed by atoms with van der Waals surface area (Å²) in [6.45, 7) is 0. The lowest BCUT2D eigenvalue weighted by molar-refractivity contribution is 0.169. The summed E-state index contributed by atoms with van der Waals surface area (Å²) in [5.41, 5.74) is 1.65. The Morgan fingerprint density at radius 1 is 1.35 bits per heavy atom. The molecule has 2 N–H and O–H groups in total. The molecule has 0 aromatic heterocycles. The van der Waals surface area contributed by atoms with Crippen LogP contribution in [0.3, 0.4) is 0 Å². The molecule has 0 aliphatic carbocycles. The van der Waals surface area contributed by atoms with Crippen molar-refractivity contribution >= 4 is 16.1 Å². The highest BCUT2D eigenvalue weighted by molar-refractivity contribution is 7.89. The Balaban J connectivity index is 2.94. The highest BCUT2D eigenvalue weighted by atomic mass is 32.2. The van der Waals surface area contributed by atoms with Crippen LogP contribution in [0.15, 0.2) is 23.1 Å². The van der Waals surface area contributed by atoms with Crippen LogP contribution in [0, 0.1) is 11.6 Å². The van der Waals surface area contributed by atoms with Crippen molar-refractivity contribution in [1.29, 1.82) is 0 Å². The predicted octanol–water partition coefficient (Wildman–Crippen LogP) is 0.514. The first-order chi connectivity index (χ1) is 7.86. The zero-order valence-corrected chi connectivity index (χ0v) is 9.35. The quantitative estimate of drug-likeness (QED) is 0.781. The molecule has 0 aliphatic rings. The van der Waals surface area contributed by atoms with E-state index in [9.17, 15) is 22.0 Å². The molecule has 0 saturated heterocycles. The summed E-state index contributed by atoms with van der Waals surface area (Å²) in [5.74, 6) is -2.19. The molecule has 17 heavy (non-hydrogen) atoms. The van der Waals surface area contributed by atoms with Crippen LogP contribution in [0.4, 0.5) is 13.6 Å². The molecular weight excluding hydrogens is 258 g/mol. The standard InChI is InChI=1S/C8H8F2N2O4S/c1-16-8(13)11-12-17(14,15)7-3-2-5(9)4-6(7)10/h2-4,12H,1H3,(H,11,13). The smallest absolute Gasteiger partial charge is 0.422 e. The third kappa shape index (κ3) is 3.36. The van der Waals surface area contributed by atoms with Crippen LogP contribution in [0.5, 0.6) is 0 Å². The molecular formula is C8H8F2N2O4S. The van der Waals surface area contributed by atoms with Crippen LogP contribution in [0.25, 0.3) is 0 Å². The number of rotatable bonds is 3. The molecule has 1 rings (SSSR count). The highest BCUT2D eigenvalue weighted by Crippen LogP contribution is 2.14. The Morgan fingerprint density at radius 3 is 2.53 bits per heavy atom. The van der Waals surface area contributed by atoms with Gasteiger partial charge >= 0.3 is 6.09 Å². The molecule has 0 saturated carbocycles. The normalized spacial score (nSPS) is 11.0. The fraction of sp³-hybridized carbons (Fsp3) is 0.125. The minimum atomic E-state index is -4.32. The summed E-state index contributed by atoms with van der Waals surface area (Å²) in [4.78, 5) is 11.4. The first-order valence-corrected chi connectivity index (χ1v) is 5.66. The summed E-state index contributed by atoms with van der Waals surface area (Å²) in [6, 6.07) is 1.91. The van der Waals surface area contributed by atoms with Crippen molar-refractivity contribution in [3.63, 3.8) is 0 Å². The van der Waals surface area contributed by atoms with E-state index in [4.69, 9.17) is 0 Å². The summed E-state index contributed by atoms with van der Waals surface area (Å²) >= 11 is 0. The van der Waals surface area contributed by atoms with Crippen molar-refractivity contribution in [2.75, 3.05) is 7.11 Å². The molecule has 0 atom stereocenters. The second-order valence-electron chi connectivity index (χ2n) is 2.80. The van der Waals surface area contributed by atoms with E-state index in [1.165, 1.54) is 0 Å². The Morgan fingerprint density at radius 2 is 2.00 bits per heavy atom. The molecule has 0 bridgehead atoms. The third-order valence-electron chi connectivity index (χ3n) is 1.66. The average molecular weight is 266 g/mol. The molecule has 1 amide bonds. The predicted molar refractivity (Wildman–Crippen MR) is 52.2 cm³/mol. The van der Waals surface area contributed by atoms with Crippen molar-refractivity contribution < 1.29 is 26.7 Å². The largest absolute Gasteiger partial charge is 0.452 e. The summed E-state index contributed by atoms with van der Waals surface area (Å²) in [5, 5.41) is 0. The van der Waals surface area contributed by atoms with Crippen LogP contribution >= 0.6 is 0 Å². The molecule has 6 nitrogen and oxygen atoms in total. The van der Waals surface area contributed by atoms with Gasteiger partial charge in [0.05, 0.1) is 7.11 Å². The lowest BCUT2D eigenvalue weighted by atomic mass is 10.3. The second kappa shape index (κ2) is 5.06. The SMILES string of the molecule is COC(=O)NNS(=O)(=O)c1ccc(F)cc1F. The van der Waals surface area contributed by atoms with E-state index in [0.29, 0.717) is 6.07 Å². The van der Waals surface area contributed by atoms with E-state index in [-0.39, 0.29) is 0 Å². The summed E-state index contributed by atoms with van der Waals surface area (Å²) < 4.78 is 52.7. The molecule has 1 aromatic rings. The third-order valence-corrected chi connectivity index (χ3v) is 2.94. The van der Waals surface area contributed by atoms with Gasteiger partial charge in [-0.25, -0.2) is 27.4 Å². The molecule has 1 aromatic carbocycles. The Labute approximate surface area is 95.6 Å². The Hall–Kier alpha value is -1.74. The molecule has 9 heteroatoms. The van der Waals surface area contributed by atoms with Gasteiger partial charge in [0.2, 0.25) is 0 Å². The van der Waals surface area contributed by atoms with E-state index in [2.05, 4.69) is 4.74 Å². The number of hydrazine groups is 1. The lowest BCUT2D eigenvalue weighted by Gasteiger charge is -2.07. The number of sulfonamides is 1. The van der Waals surface area contributed by atoms with Gasteiger partial charge in [-0.15, -0.1) is 4.83 Å². The minimum Gasteiger partial charge on any atom is -0.452 e. The first kappa shape index (κ1) is 13.3. The van der Waals surface area contributed by atoms with Crippen molar-refractivity contribution in [1.82, 2.24) is 10.3 Å². The van der Waals surface area contributed by atoms with Gasteiger partial charge in [-0.3, -0.25) is 0 Å². The van der Waals surface area contributed by atoms with Gasteiger partial charge in [-0.2, -0.15) is 0 Å². The van der Waals surface area contributed by atoms with Crippen LogP contribution in [0.2, 0.25) is 0 Å². The first-order valence-electron chi connectivity index (χ1n) is 4.17. The van der Waals surface area contributed by atoms with E-state index < -0.39 is 32.6 Å². The van der Waals surface area contributed by atoms with Crippen molar-refractivity contribution in [2.24, 2.45) is 0 Å². The molecule has 0 heterocycles. The summed E-state index contributed by atoms with van der Waals surface area (Å²) in [6.07, 6.45) is -1.07. The number of nitrogens with one attached hydrogen (secondary N) is 2. The molecule has 94 valence electrons. The van der Waals surface area contributed by atoms with E-state index in [1.807, 2.05) is 0 Å². The van der Waals surface area contributed by atoms with Gasteiger partial charge in [0.15, 0.2) is 0 Å². The summed E-state index contributed by atoms with van der Waals surface area (Å²) in [7, 11) is -3.30.